The lowest BCUT2D eigenvalue weighted by Crippen LogP contribution is -2.32. The highest BCUT2D eigenvalue weighted by molar-refractivity contribution is 5.71. The Kier molecular flexibility index (Phi) is 7.91. The summed E-state index contributed by atoms with van der Waals surface area (Å²) < 4.78 is 5.09. The third-order valence-corrected chi connectivity index (χ3v) is 3.06. The summed E-state index contributed by atoms with van der Waals surface area (Å²) in [5.41, 5.74) is 1.33. The fourth-order valence-corrected chi connectivity index (χ4v) is 1.77. The van der Waals surface area contributed by atoms with Gasteiger partial charge in [-0.15, -0.1) is 0 Å². The predicted octanol–water partition coefficient (Wildman–Crippen LogP) is 2.94. The quantitative estimate of drug-likeness (QED) is 0.550. The van der Waals surface area contributed by atoms with Gasteiger partial charge in [0.25, 0.3) is 0 Å². The number of benzene rings is 1. The minimum atomic E-state index is -0.153. The van der Waals surface area contributed by atoms with Gasteiger partial charge in [-0.1, -0.05) is 43.7 Å². The van der Waals surface area contributed by atoms with Crippen LogP contribution in [0, 0.1) is 0 Å². The molecule has 1 unspecified atom stereocenters. The lowest BCUT2D eigenvalue weighted by molar-refractivity contribution is -0.142. The lowest BCUT2D eigenvalue weighted by Gasteiger charge is -2.13. The second kappa shape index (κ2) is 9.56. The number of rotatable bonds is 9. The summed E-state index contributed by atoms with van der Waals surface area (Å²) in [6, 6.07) is 10.7. The fourth-order valence-electron chi connectivity index (χ4n) is 1.77. The normalized spacial score (nSPS) is 12.1. The van der Waals surface area contributed by atoms with Crippen LogP contribution in [0.4, 0.5) is 0 Å². The van der Waals surface area contributed by atoms with E-state index in [2.05, 4.69) is 43.4 Å². The second-order valence-corrected chi connectivity index (χ2v) is 4.88. The topological polar surface area (TPSA) is 38.3 Å². The van der Waals surface area contributed by atoms with Gasteiger partial charge in [-0.2, -0.15) is 0 Å². The Bertz CT molecular complexity index is 351. The van der Waals surface area contributed by atoms with Crippen LogP contribution in [0.2, 0.25) is 0 Å². The molecule has 1 rings (SSSR count). The number of aryl methyl sites for hydroxylation is 1. The maximum Gasteiger partial charge on any atom is 0.319 e. The smallest absolute Gasteiger partial charge is 0.319 e. The summed E-state index contributed by atoms with van der Waals surface area (Å²) >= 11 is 0. The molecular weight excluding hydrogens is 238 g/mol. The van der Waals surface area contributed by atoms with Crippen molar-refractivity contribution < 1.29 is 9.53 Å². The molecule has 106 valence electrons. The molecular formula is C16H25NO2. The Balaban J connectivity index is 2.10. The van der Waals surface area contributed by atoms with E-state index in [-0.39, 0.29) is 5.97 Å². The standard InChI is InChI=1S/C16H25NO2/c1-3-4-12-19-16(18)13-17-14(2)10-11-15-8-6-5-7-9-15/h5-9,14,17H,3-4,10-13H2,1-2H3. The molecule has 0 aliphatic carbocycles. The molecule has 19 heavy (non-hydrogen) atoms. The van der Waals surface area contributed by atoms with Crippen LogP contribution in [-0.2, 0) is 16.0 Å². The van der Waals surface area contributed by atoms with Gasteiger partial charge in [-0.05, 0) is 31.7 Å². The van der Waals surface area contributed by atoms with E-state index in [0.29, 0.717) is 19.2 Å². The Morgan fingerprint density at radius 3 is 2.74 bits per heavy atom. The summed E-state index contributed by atoms with van der Waals surface area (Å²) in [7, 11) is 0. The van der Waals surface area contributed by atoms with Gasteiger partial charge in [0.05, 0.1) is 13.2 Å². The van der Waals surface area contributed by atoms with Gasteiger partial charge >= 0.3 is 5.97 Å². The number of ether oxygens (including phenoxy) is 1. The molecule has 0 heterocycles. The van der Waals surface area contributed by atoms with E-state index in [1.165, 1.54) is 5.56 Å². The fraction of sp³-hybridized carbons (Fsp3) is 0.562. The molecule has 0 spiro atoms. The van der Waals surface area contributed by atoms with Gasteiger partial charge in [-0.25, -0.2) is 0 Å². The molecule has 0 aliphatic rings. The number of hydrogen-bond acceptors (Lipinski definition) is 3. The highest BCUT2D eigenvalue weighted by atomic mass is 16.5. The molecule has 0 bridgehead atoms. The van der Waals surface area contributed by atoms with Crippen molar-refractivity contribution in [3.63, 3.8) is 0 Å². The first kappa shape index (κ1) is 15.7. The molecule has 0 fully saturated rings. The molecule has 3 nitrogen and oxygen atoms in total. The number of carbonyl (C=O) groups is 1. The predicted molar refractivity (Wildman–Crippen MR) is 78.1 cm³/mol. The first-order valence-electron chi connectivity index (χ1n) is 7.15. The van der Waals surface area contributed by atoms with E-state index < -0.39 is 0 Å². The van der Waals surface area contributed by atoms with Crippen LogP contribution in [0.25, 0.3) is 0 Å². The van der Waals surface area contributed by atoms with Crippen LogP contribution in [-0.4, -0.2) is 25.2 Å². The molecule has 0 radical (unpaired) electrons. The van der Waals surface area contributed by atoms with Gasteiger partial charge in [-0.3, -0.25) is 4.79 Å². The van der Waals surface area contributed by atoms with Crippen LogP contribution < -0.4 is 5.32 Å². The Morgan fingerprint density at radius 1 is 1.32 bits per heavy atom. The molecule has 1 aromatic rings. The van der Waals surface area contributed by atoms with E-state index in [1.54, 1.807) is 0 Å². The average Bonchev–Trinajstić information content (AvgIpc) is 2.44. The van der Waals surface area contributed by atoms with Crippen LogP contribution in [0.1, 0.15) is 38.7 Å². The average molecular weight is 263 g/mol. The summed E-state index contributed by atoms with van der Waals surface area (Å²) in [4.78, 5) is 11.4. The van der Waals surface area contributed by atoms with Gasteiger partial charge in [0.15, 0.2) is 0 Å². The number of carbonyl (C=O) groups excluding carboxylic acids is 1. The Labute approximate surface area is 116 Å². The summed E-state index contributed by atoms with van der Waals surface area (Å²) in [6.07, 6.45) is 4.04. The van der Waals surface area contributed by atoms with Gasteiger partial charge < -0.3 is 10.1 Å². The van der Waals surface area contributed by atoms with Crippen molar-refractivity contribution in [2.45, 2.75) is 45.6 Å². The van der Waals surface area contributed by atoms with Crippen molar-refractivity contribution in [1.29, 1.82) is 0 Å². The van der Waals surface area contributed by atoms with Crippen LogP contribution in [0.5, 0.6) is 0 Å². The van der Waals surface area contributed by atoms with Crippen molar-refractivity contribution in [3.05, 3.63) is 35.9 Å². The maximum atomic E-state index is 11.4. The SMILES string of the molecule is CCCCOC(=O)CNC(C)CCc1ccccc1. The summed E-state index contributed by atoms with van der Waals surface area (Å²) in [5.74, 6) is -0.153. The Morgan fingerprint density at radius 2 is 2.05 bits per heavy atom. The van der Waals surface area contributed by atoms with Crippen molar-refractivity contribution >= 4 is 5.97 Å². The van der Waals surface area contributed by atoms with E-state index in [4.69, 9.17) is 4.74 Å². The van der Waals surface area contributed by atoms with Crippen LogP contribution in [0.3, 0.4) is 0 Å². The van der Waals surface area contributed by atoms with Gasteiger partial charge in [0, 0.05) is 6.04 Å². The maximum absolute atomic E-state index is 11.4. The molecule has 0 amide bonds. The third kappa shape index (κ3) is 7.62. The minimum absolute atomic E-state index is 0.153. The highest BCUT2D eigenvalue weighted by Gasteiger charge is 2.06. The summed E-state index contributed by atoms with van der Waals surface area (Å²) in [6.45, 7) is 5.02. The third-order valence-electron chi connectivity index (χ3n) is 3.06. The number of unbranched alkanes of at least 4 members (excludes halogenated alkanes) is 1. The molecule has 3 heteroatoms. The van der Waals surface area contributed by atoms with E-state index in [1.807, 2.05) is 6.07 Å². The lowest BCUT2D eigenvalue weighted by atomic mass is 10.1. The number of hydrogen-bond donors (Lipinski definition) is 1. The zero-order valence-corrected chi connectivity index (χ0v) is 12.0. The largest absolute Gasteiger partial charge is 0.465 e. The number of esters is 1. The monoisotopic (exact) mass is 263 g/mol. The first-order chi connectivity index (χ1) is 9.22. The minimum Gasteiger partial charge on any atom is -0.465 e. The second-order valence-electron chi connectivity index (χ2n) is 4.88. The van der Waals surface area contributed by atoms with Gasteiger partial charge in [0.2, 0.25) is 0 Å². The van der Waals surface area contributed by atoms with Crippen molar-refractivity contribution in [3.8, 4) is 0 Å². The van der Waals surface area contributed by atoms with Crippen molar-refractivity contribution in [2.24, 2.45) is 0 Å². The highest BCUT2D eigenvalue weighted by Crippen LogP contribution is 2.04. The zero-order valence-electron chi connectivity index (χ0n) is 12.0. The van der Waals surface area contributed by atoms with Gasteiger partial charge in [0.1, 0.15) is 0 Å². The molecule has 0 aromatic heterocycles. The molecule has 1 aromatic carbocycles. The van der Waals surface area contributed by atoms with E-state index >= 15 is 0 Å². The molecule has 0 saturated heterocycles. The van der Waals surface area contributed by atoms with Crippen LogP contribution in [0.15, 0.2) is 30.3 Å². The molecule has 1 N–H and O–H groups in total. The molecule has 1 atom stereocenters. The van der Waals surface area contributed by atoms with Crippen molar-refractivity contribution in [1.82, 2.24) is 5.32 Å². The molecule has 0 aliphatic heterocycles. The Hall–Kier alpha value is -1.35. The van der Waals surface area contributed by atoms with E-state index in [9.17, 15) is 4.79 Å². The number of nitrogens with one attached hydrogen (secondary N) is 1. The molecule has 0 saturated carbocycles. The zero-order chi connectivity index (χ0) is 13.9. The van der Waals surface area contributed by atoms with Crippen molar-refractivity contribution in [2.75, 3.05) is 13.2 Å². The first-order valence-corrected chi connectivity index (χ1v) is 7.15. The van der Waals surface area contributed by atoms with Crippen LogP contribution >= 0.6 is 0 Å². The van der Waals surface area contributed by atoms with E-state index in [0.717, 1.165) is 25.7 Å². The summed E-state index contributed by atoms with van der Waals surface area (Å²) in [5, 5.41) is 3.21.